The Labute approximate surface area is 125 Å². The molecular weight excluding hydrogens is 242 g/mol. The summed E-state index contributed by atoms with van der Waals surface area (Å²) in [4.78, 5) is 0. The smallest absolute Gasteiger partial charge is 0.0488 e. The van der Waals surface area contributed by atoms with Crippen molar-refractivity contribution < 1.29 is 0 Å². The van der Waals surface area contributed by atoms with Gasteiger partial charge in [0.05, 0.1) is 0 Å². The molecule has 1 heteroatoms. The Kier molecular flexibility index (Phi) is 10.4. The number of hydrogen-bond acceptors (Lipinski definition) is 0. The van der Waals surface area contributed by atoms with E-state index in [1.165, 1.54) is 21.8 Å². The van der Waals surface area contributed by atoms with Crippen molar-refractivity contribution in [3.05, 3.63) is 48.5 Å². The van der Waals surface area contributed by atoms with E-state index in [4.69, 9.17) is 0 Å². The van der Waals surface area contributed by atoms with E-state index in [1.54, 1.807) is 0 Å². The summed E-state index contributed by atoms with van der Waals surface area (Å²) in [6.45, 7) is 8.00. The van der Waals surface area contributed by atoms with Gasteiger partial charge in [-0.3, -0.25) is 0 Å². The fraction of sp³-hybridized carbons (Fsp3) is 0.368. The Hall–Kier alpha value is -1.76. The van der Waals surface area contributed by atoms with Crippen LogP contribution >= 0.6 is 0 Å². The van der Waals surface area contributed by atoms with E-state index in [9.17, 15) is 0 Å². The Morgan fingerprint density at radius 2 is 0.900 bits per heavy atom. The van der Waals surface area contributed by atoms with Crippen molar-refractivity contribution in [1.82, 2.24) is 4.57 Å². The lowest BCUT2D eigenvalue weighted by molar-refractivity contribution is 1.01. The molecule has 3 rings (SSSR count). The molecule has 1 nitrogen and oxygen atoms in total. The monoisotopic (exact) mass is 273 g/mol. The molecule has 112 valence electrons. The average molecular weight is 273 g/mol. The highest BCUT2D eigenvalue weighted by Gasteiger charge is 2.04. The molecule has 0 amide bonds. The molecule has 2 aromatic carbocycles. The number of aromatic nitrogens is 1. The standard InChI is InChI=1S/C13H11N.2C2H6.2CH4/c1-14-12-8-4-2-6-10(12)11-7-3-5-9-13(11)14;2*1-2;;/h2-9H,1H3;2*1-2H3;2*1H4. The Morgan fingerprint density at radius 1 is 0.600 bits per heavy atom. The van der Waals surface area contributed by atoms with Crippen LogP contribution in [0.2, 0.25) is 0 Å². The fourth-order valence-corrected chi connectivity index (χ4v) is 2.12. The molecule has 0 bridgehead atoms. The van der Waals surface area contributed by atoms with E-state index in [0.29, 0.717) is 0 Å². The second-order valence-corrected chi connectivity index (χ2v) is 3.59. The van der Waals surface area contributed by atoms with Crippen molar-refractivity contribution in [2.75, 3.05) is 0 Å². The first-order chi connectivity index (χ1) is 8.88. The molecule has 0 aliphatic rings. The van der Waals surface area contributed by atoms with Crippen LogP contribution in [0.5, 0.6) is 0 Å². The Morgan fingerprint density at radius 3 is 1.25 bits per heavy atom. The fourth-order valence-electron chi connectivity index (χ4n) is 2.12. The molecule has 3 aromatic rings. The second kappa shape index (κ2) is 10.1. The van der Waals surface area contributed by atoms with Crippen molar-refractivity contribution in [3.8, 4) is 0 Å². The zero-order valence-electron chi connectivity index (χ0n) is 12.1. The van der Waals surface area contributed by atoms with Crippen LogP contribution in [-0.4, -0.2) is 4.57 Å². The van der Waals surface area contributed by atoms with E-state index in [1.807, 2.05) is 27.7 Å². The van der Waals surface area contributed by atoms with Gasteiger partial charge >= 0.3 is 0 Å². The van der Waals surface area contributed by atoms with Gasteiger partial charge in [-0.2, -0.15) is 0 Å². The third-order valence-electron chi connectivity index (χ3n) is 2.82. The maximum atomic E-state index is 2.24. The lowest BCUT2D eigenvalue weighted by atomic mass is 10.2. The van der Waals surface area contributed by atoms with Crippen LogP contribution in [0.4, 0.5) is 0 Å². The van der Waals surface area contributed by atoms with Gasteiger partial charge in [0.2, 0.25) is 0 Å². The summed E-state index contributed by atoms with van der Waals surface area (Å²) < 4.78 is 2.24. The Bertz CT molecular complexity index is 552. The van der Waals surface area contributed by atoms with Crippen LogP contribution in [0.1, 0.15) is 42.5 Å². The zero-order chi connectivity index (χ0) is 13.5. The summed E-state index contributed by atoms with van der Waals surface area (Å²) >= 11 is 0. The summed E-state index contributed by atoms with van der Waals surface area (Å²) in [6, 6.07) is 17.0. The summed E-state index contributed by atoms with van der Waals surface area (Å²) in [6.07, 6.45) is 0. The van der Waals surface area contributed by atoms with E-state index in [0.717, 1.165) is 0 Å². The van der Waals surface area contributed by atoms with Gasteiger partial charge in [-0.1, -0.05) is 78.9 Å². The topological polar surface area (TPSA) is 4.93 Å². The third kappa shape index (κ3) is 3.63. The van der Waals surface area contributed by atoms with E-state index >= 15 is 0 Å². The van der Waals surface area contributed by atoms with Crippen LogP contribution < -0.4 is 0 Å². The molecule has 1 aromatic heterocycles. The molecule has 0 N–H and O–H groups in total. The largest absolute Gasteiger partial charge is 0.344 e. The molecule has 0 atom stereocenters. The van der Waals surface area contributed by atoms with Gasteiger partial charge in [0.1, 0.15) is 0 Å². The van der Waals surface area contributed by atoms with Crippen LogP contribution in [0.25, 0.3) is 21.8 Å². The third-order valence-corrected chi connectivity index (χ3v) is 2.82. The SMILES string of the molecule is C.C.CC.CC.Cn1c2ccccc2c2ccccc21. The van der Waals surface area contributed by atoms with Crippen molar-refractivity contribution in [1.29, 1.82) is 0 Å². The van der Waals surface area contributed by atoms with Crippen molar-refractivity contribution >= 4 is 21.8 Å². The lowest BCUT2D eigenvalue weighted by Crippen LogP contribution is -1.84. The first kappa shape index (κ1) is 20.6. The highest BCUT2D eigenvalue weighted by molar-refractivity contribution is 6.07. The van der Waals surface area contributed by atoms with Crippen LogP contribution in [-0.2, 0) is 7.05 Å². The quantitative estimate of drug-likeness (QED) is 0.432. The number of aryl methyl sites for hydroxylation is 1. The molecule has 0 aliphatic heterocycles. The van der Waals surface area contributed by atoms with Gasteiger partial charge in [0.15, 0.2) is 0 Å². The number of benzene rings is 2. The summed E-state index contributed by atoms with van der Waals surface area (Å²) in [5.74, 6) is 0. The average Bonchev–Trinajstić information content (AvgIpc) is 2.78. The van der Waals surface area contributed by atoms with Gasteiger partial charge in [-0.15, -0.1) is 0 Å². The van der Waals surface area contributed by atoms with E-state index in [2.05, 4.69) is 60.1 Å². The molecule has 0 saturated heterocycles. The maximum Gasteiger partial charge on any atom is 0.0488 e. The Balaban J connectivity index is 0. The molecular formula is C19H31N. The molecule has 0 unspecified atom stereocenters. The highest BCUT2D eigenvalue weighted by Crippen LogP contribution is 2.26. The highest BCUT2D eigenvalue weighted by atomic mass is 14.9. The minimum Gasteiger partial charge on any atom is -0.344 e. The first-order valence-electron chi connectivity index (χ1n) is 6.80. The number of fused-ring (bicyclic) bond motifs is 3. The molecule has 0 radical (unpaired) electrons. The molecule has 0 aliphatic carbocycles. The lowest BCUT2D eigenvalue weighted by Gasteiger charge is -1.95. The van der Waals surface area contributed by atoms with Crippen LogP contribution in [0.15, 0.2) is 48.5 Å². The number of rotatable bonds is 0. The van der Waals surface area contributed by atoms with Crippen molar-refractivity contribution in [2.45, 2.75) is 42.5 Å². The van der Waals surface area contributed by atoms with Gasteiger partial charge in [-0.25, -0.2) is 0 Å². The van der Waals surface area contributed by atoms with Gasteiger partial charge in [0.25, 0.3) is 0 Å². The predicted octanol–water partition coefficient (Wildman–Crippen LogP) is 6.66. The zero-order valence-corrected chi connectivity index (χ0v) is 12.1. The first-order valence-corrected chi connectivity index (χ1v) is 6.80. The van der Waals surface area contributed by atoms with Gasteiger partial charge in [-0.05, 0) is 12.1 Å². The van der Waals surface area contributed by atoms with Crippen molar-refractivity contribution in [2.24, 2.45) is 7.05 Å². The van der Waals surface area contributed by atoms with E-state index < -0.39 is 0 Å². The minimum absolute atomic E-state index is 0. The molecule has 20 heavy (non-hydrogen) atoms. The molecule has 0 spiro atoms. The van der Waals surface area contributed by atoms with E-state index in [-0.39, 0.29) is 14.9 Å². The number of hydrogen-bond donors (Lipinski definition) is 0. The number of para-hydroxylation sites is 2. The van der Waals surface area contributed by atoms with Crippen LogP contribution in [0, 0.1) is 0 Å². The summed E-state index contributed by atoms with van der Waals surface area (Å²) in [5.41, 5.74) is 2.60. The second-order valence-electron chi connectivity index (χ2n) is 3.59. The molecule has 0 saturated carbocycles. The normalized spacial score (nSPS) is 8.45. The summed E-state index contributed by atoms with van der Waals surface area (Å²) in [7, 11) is 2.12. The maximum absolute atomic E-state index is 2.24. The number of nitrogens with zero attached hydrogens (tertiary/aromatic N) is 1. The van der Waals surface area contributed by atoms with Gasteiger partial charge in [0, 0.05) is 28.9 Å². The van der Waals surface area contributed by atoms with Crippen molar-refractivity contribution in [3.63, 3.8) is 0 Å². The van der Waals surface area contributed by atoms with Gasteiger partial charge < -0.3 is 4.57 Å². The molecule has 1 heterocycles. The predicted molar refractivity (Wildman–Crippen MR) is 96.6 cm³/mol. The minimum atomic E-state index is 0. The van der Waals surface area contributed by atoms with Crippen LogP contribution in [0.3, 0.4) is 0 Å². The summed E-state index contributed by atoms with van der Waals surface area (Å²) in [5, 5.41) is 2.68. The molecule has 0 fully saturated rings.